The van der Waals surface area contributed by atoms with Gasteiger partial charge in [0, 0.05) is 5.02 Å². The van der Waals surface area contributed by atoms with Crippen molar-refractivity contribution in [2.24, 2.45) is 0 Å². The molecule has 0 aliphatic carbocycles. The summed E-state index contributed by atoms with van der Waals surface area (Å²) in [5.41, 5.74) is 0. The van der Waals surface area contributed by atoms with Crippen molar-refractivity contribution >= 4 is 17.6 Å². The molecule has 0 aliphatic rings. The van der Waals surface area contributed by atoms with Gasteiger partial charge in [0.15, 0.2) is 6.10 Å². The first kappa shape index (κ1) is 11.9. The van der Waals surface area contributed by atoms with Gasteiger partial charge in [-0.25, -0.2) is 4.79 Å². The highest BCUT2D eigenvalue weighted by atomic mass is 35.5. The van der Waals surface area contributed by atoms with E-state index in [1.54, 1.807) is 38.1 Å². The monoisotopic (exact) mass is 228 g/mol. The van der Waals surface area contributed by atoms with E-state index in [1.165, 1.54) is 0 Å². The molecule has 0 saturated heterocycles. The number of rotatable bonds is 4. The standard InChI is InChI=1S/C11H13ClO3/c1-3-14-11(13)8(2)15-10-6-4-5-9(12)7-10/h4-8H,3H2,1-2H3/t8-/m0/s1. The van der Waals surface area contributed by atoms with Crippen LogP contribution >= 0.6 is 11.6 Å². The van der Waals surface area contributed by atoms with Crippen LogP contribution in [0.3, 0.4) is 0 Å². The van der Waals surface area contributed by atoms with E-state index in [-0.39, 0.29) is 5.97 Å². The molecule has 1 rings (SSSR count). The van der Waals surface area contributed by atoms with Crippen LogP contribution in [0.1, 0.15) is 13.8 Å². The van der Waals surface area contributed by atoms with Crippen LogP contribution in [0.4, 0.5) is 0 Å². The number of carbonyl (C=O) groups excluding carboxylic acids is 1. The zero-order chi connectivity index (χ0) is 11.3. The molecule has 3 nitrogen and oxygen atoms in total. The lowest BCUT2D eigenvalue weighted by Crippen LogP contribution is -2.25. The molecule has 0 fully saturated rings. The van der Waals surface area contributed by atoms with Crippen LogP contribution in [-0.4, -0.2) is 18.7 Å². The summed E-state index contributed by atoms with van der Waals surface area (Å²) in [5.74, 6) is 0.181. The summed E-state index contributed by atoms with van der Waals surface area (Å²) in [4.78, 5) is 11.3. The lowest BCUT2D eigenvalue weighted by Gasteiger charge is -2.13. The van der Waals surface area contributed by atoms with Gasteiger partial charge in [0.25, 0.3) is 0 Å². The topological polar surface area (TPSA) is 35.5 Å². The zero-order valence-corrected chi connectivity index (χ0v) is 9.45. The molecular weight excluding hydrogens is 216 g/mol. The summed E-state index contributed by atoms with van der Waals surface area (Å²) in [7, 11) is 0. The summed E-state index contributed by atoms with van der Waals surface area (Å²) >= 11 is 5.77. The number of benzene rings is 1. The van der Waals surface area contributed by atoms with Crippen LogP contribution in [-0.2, 0) is 9.53 Å². The van der Waals surface area contributed by atoms with Gasteiger partial charge >= 0.3 is 5.97 Å². The lowest BCUT2D eigenvalue weighted by atomic mass is 10.3. The van der Waals surface area contributed by atoms with Crippen LogP contribution in [0.25, 0.3) is 0 Å². The fourth-order valence-electron chi connectivity index (χ4n) is 1.05. The summed E-state index contributed by atoms with van der Waals surface area (Å²) in [6.07, 6.45) is -0.622. The predicted octanol–water partition coefficient (Wildman–Crippen LogP) is 2.67. The average molecular weight is 229 g/mol. The molecule has 0 amide bonds. The fraction of sp³-hybridized carbons (Fsp3) is 0.364. The molecule has 1 aromatic carbocycles. The van der Waals surface area contributed by atoms with Gasteiger partial charge in [0.1, 0.15) is 5.75 Å². The highest BCUT2D eigenvalue weighted by molar-refractivity contribution is 6.30. The zero-order valence-electron chi connectivity index (χ0n) is 8.70. The van der Waals surface area contributed by atoms with E-state index in [1.807, 2.05) is 0 Å². The Morgan fingerprint density at radius 1 is 1.53 bits per heavy atom. The van der Waals surface area contributed by atoms with Crippen molar-refractivity contribution in [1.29, 1.82) is 0 Å². The molecule has 0 bridgehead atoms. The molecule has 0 N–H and O–H groups in total. The van der Waals surface area contributed by atoms with Gasteiger partial charge in [-0.3, -0.25) is 0 Å². The minimum Gasteiger partial charge on any atom is -0.479 e. The van der Waals surface area contributed by atoms with Crippen molar-refractivity contribution in [2.75, 3.05) is 6.61 Å². The quantitative estimate of drug-likeness (QED) is 0.744. The van der Waals surface area contributed by atoms with Crippen LogP contribution < -0.4 is 4.74 Å². The van der Waals surface area contributed by atoms with Gasteiger partial charge in [-0.15, -0.1) is 0 Å². The van der Waals surface area contributed by atoms with Crippen molar-refractivity contribution in [2.45, 2.75) is 20.0 Å². The van der Waals surface area contributed by atoms with E-state index < -0.39 is 6.10 Å². The van der Waals surface area contributed by atoms with E-state index in [2.05, 4.69) is 0 Å². The van der Waals surface area contributed by atoms with Crippen molar-refractivity contribution in [1.82, 2.24) is 0 Å². The lowest BCUT2D eigenvalue weighted by molar-refractivity contribution is -0.150. The molecule has 0 radical (unpaired) electrons. The van der Waals surface area contributed by atoms with E-state index in [4.69, 9.17) is 21.1 Å². The Kier molecular flexibility index (Phi) is 4.43. The number of hydrogen-bond acceptors (Lipinski definition) is 3. The van der Waals surface area contributed by atoms with Crippen LogP contribution in [0, 0.1) is 0 Å². The first-order valence-electron chi connectivity index (χ1n) is 4.72. The van der Waals surface area contributed by atoms with Crippen molar-refractivity contribution in [3.05, 3.63) is 29.3 Å². The smallest absolute Gasteiger partial charge is 0.347 e. The number of carbonyl (C=O) groups is 1. The summed E-state index contributed by atoms with van der Waals surface area (Å²) in [6.45, 7) is 3.74. The molecule has 1 atom stereocenters. The van der Waals surface area contributed by atoms with E-state index >= 15 is 0 Å². The minimum atomic E-state index is -0.622. The first-order chi connectivity index (χ1) is 7.13. The van der Waals surface area contributed by atoms with Gasteiger partial charge in [-0.1, -0.05) is 17.7 Å². The van der Waals surface area contributed by atoms with Crippen molar-refractivity contribution in [3.8, 4) is 5.75 Å². The SMILES string of the molecule is CCOC(=O)[C@H](C)Oc1cccc(Cl)c1. The largest absolute Gasteiger partial charge is 0.479 e. The molecule has 0 aromatic heterocycles. The maximum atomic E-state index is 11.3. The molecule has 4 heteroatoms. The number of halogens is 1. The summed E-state index contributed by atoms with van der Waals surface area (Å²) < 4.78 is 10.2. The third-order valence-electron chi connectivity index (χ3n) is 1.73. The van der Waals surface area contributed by atoms with Gasteiger partial charge < -0.3 is 9.47 Å². The number of esters is 1. The molecule has 82 valence electrons. The molecule has 0 aliphatic heterocycles. The Labute approximate surface area is 93.9 Å². The Bertz CT molecular complexity index is 338. The summed E-state index contributed by atoms with van der Waals surface area (Å²) in [6, 6.07) is 6.89. The molecule has 15 heavy (non-hydrogen) atoms. The average Bonchev–Trinajstić information content (AvgIpc) is 2.18. The predicted molar refractivity (Wildman–Crippen MR) is 58.2 cm³/mol. The maximum absolute atomic E-state index is 11.3. The Hall–Kier alpha value is -1.22. The van der Waals surface area contributed by atoms with Gasteiger partial charge in [-0.05, 0) is 32.0 Å². The molecule has 1 aromatic rings. The maximum Gasteiger partial charge on any atom is 0.347 e. The van der Waals surface area contributed by atoms with Gasteiger partial charge in [0.2, 0.25) is 0 Å². The Balaban J connectivity index is 2.58. The minimum absolute atomic E-state index is 0.349. The highest BCUT2D eigenvalue weighted by Gasteiger charge is 2.15. The first-order valence-corrected chi connectivity index (χ1v) is 5.10. The van der Waals surface area contributed by atoms with E-state index in [9.17, 15) is 4.79 Å². The van der Waals surface area contributed by atoms with E-state index in [0.29, 0.717) is 17.4 Å². The van der Waals surface area contributed by atoms with Gasteiger partial charge in [-0.2, -0.15) is 0 Å². The fourth-order valence-corrected chi connectivity index (χ4v) is 1.23. The van der Waals surface area contributed by atoms with Crippen LogP contribution in [0.5, 0.6) is 5.75 Å². The number of hydrogen-bond donors (Lipinski definition) is 0. The van der Waals surface area contributed by atoms with Crippen molar-refractivity contribution < 1.29 is 14.3 Å². The Morgan fingerprint density at radius 2 is 2.27 bits per heavy atom. The molecule has 0 unspecified atom stereocenters. The highest BCUT2D eigenvalue weighted by Crippen LogP contribution is 2.18. The van der Waals surface area contributed by atoms with Crippen LogP contribution in [0.15, 0.2) is 24.3 Å². The van der Waals surface area contributed by atoms with Crippen LogP contribution in [0.2, 0.25) is 5.02 Å². The molecule has 0 spiro atoms. The van der Waals surface area contributed by atoms with Gasteiger partial charge in [0.05, 0.1) is 6.61 Å². The molecule has 0 saturated carbocycles. The summed E-state index contributed by atoms with van der Waals surface area (Å²) in [5, 5.41) is 0.573. The second-order valence-corrected chi connectivity index (χ2v) is 3.41. The number of ether oxygens (including phenoxy) is 2. The third-order valence-corrected chi connectivity index (χ3v) is 1.96. The van der Waals surface area contributed by atoms with Crippen molar-refractivity contribution in [3.63, 3.8) is 0 Å². The third kappa shape index (κ3) is 3.80. The second kappa shape index (κ2) is 5.61. The van der Waals surface area contributed by atoms with E-state index in [0.717, 1.165) is 0 Å². The Morgan fingerprint density at radius 3 is 2.87 bits per heavy atom. The molecule has 0 heterocycles. The molecular formula is C11H13ClO3. The normalized spacial score (nSPS) is 11.9. The second-order valence-electron chi connectivity index (χ2n) is 2.97.